The summed E-state index contributed by atoms with van der Waals surface area (Å²) in [5.41, 5.74) is 12.4. The molecule has 2 nitrogen and oxygen atoms in total. The summed E-state index contributed by atoms with van der Waals surface area (Å²) in [5, 5.41) is 2.66. The maximum absolute atomic E-state index is 7.52. The van der Waals surface area contributed by atoms with Crippen molar-refractivity contribution in [1.82, 2.24) is 0 Å². The topological polar surface area (TPSA) is 6.48 Å². The highest BCUT2D eigenvalue weighted by atomic mass is 35.5. The second-order valence-electron chi connectivity index (χ2n) is 12.8. The lowest BCUT2D eigenvalue weighted by Crippen LogP contribution is -2.29. The standard InChI is InChI=1S/C39H45Cl2N2P/c1-25(2)17-20-44(9,32-13-11-10-12-14-32)34-16-15-33(35(40)36(34)41)39-42(37-28(5)21-26(3)22-29(37)6)18-19-43(39)38-30(7)23-27(4)24-31(38)8/h10-17,20-24,35H,18-19H2,1-9H3. The molecule has 2 atom stereocenters. The summed E-state index contributed by atoms with van der Waals surface area (Å²) in [7, 11) is 0. The maximum Gasteiger partial charge on any atom is 0.118 e. The van der Waals surface area contributed by atoms with Crippen molar-refractivity contribution < 1.29 is 0 Å². The smallest absolute Gasteiger partial charge is 0.118 e. The molecule has 0 saturated carbocycles. The van der Waals surface area contributed by atoms with Crippen LogP contribution < -0.4 is 15.1 Å². The van der Waals surface area contributed by atoms with Gasteiger partial charge in [0, 0.05) is 35.1 Å². The second-order valence-corrected chi connectivity index (χ2v) is 17.1. The second kappa shape index (κ2) is 12.8. The predicted molar refractivity (Wildman–Crippen MR) is 199 cm³/mol. The van der Waals surface area contributed by atoms with Crippen LogP contribution in [0.3, 0.4) is 0 Å². The van der Waals surface area contributed by atoms with Crippen LogP contribution in [-0.2, 0) is 0 Å². The van der Waals surface area contributed by atoms with E-state index in [1.165, 1.54) is 55.6 Å². The van der Waals surface area contributed by atoms with Gasteiger partial charge >= 0.3 is 0 Å². The number of nitrogens with zero attached hydrogens (tertiary/aromatic N) is 2. The molecular formula is C39H45Cl2N2P. The van der Waals surface area contributed by atoms with Crippen LogP contribution >= 0.6 is 30.1 Å². The fraction of sp³-hybridized carbons (Fsp3) is 0.308. The zero-order valence-electron chi connectivity index (χ0n) is 27.6. The van der Waals surface area contributed by atoms with Gasteiger partial charge in [-0.1, -0.05) is 114 Å². The summed E-state index contributed by atoms with van der Waals surface area (Å²) in [4.78, 5) is 4.96. The van der Waals surface area contributed by atoms with Gasteiger partial charge in [0.1, 0.15) is 5.82 Å². The van der Waals surface area contributed by atoms with Gasteiger partial charge in [-0.3, -0.25) is 0 Å². The molecule has 0 radical (unpaired) electrons. The molecule has 3 aromatic rings. The summed E-state index contributed by atoms with van der Waals surface area (Å²) >= 11 is 14.9. The number of rotatable bonds is 5. The fourth-order valence-corrected chi connectivity index (χ4v) is 11.0. The first-order chi connectivity index (χ1) is 20.8. The number of hydrogen-bond donors (Lipinski definition) is 0. The predicted octanol–water partition coefficient (Wildman–Crippen LogP) is 10.4. The van der Waals surface area contributed by atoms with Crippen molar-refractivity contribution in [3.8, 4) is 0 Å². The van der Waals surface area contributed by atoms with E-state index in [9.17, 15) is 0 Å². The number of benzene rings is 3. The lowest BCUT2D eigenvalue weighted by molar-refractivity contribution is 1.00. The van der Waals surface area contributed by atoms with E-state index in [1.54, 1.807) is 0 Å². The Morgan fingerprint density at radius 3 is 1.70 bits per heavy atom. The van der Waals surface area contributed by atoms with E-state index in [-0.39, 0.29) is 0 Å². The first-order valence-corrected chi connectivity index (χ1v) is 18.5. The molecule has 1 aliphatic carbocycles. The monoisotopic (exact) mass is 642 g/mol. The Morgan fingerprint density at radius 1 is 0.773 bits per heavy atom. The molecule has 0 aromatic heterocycles. The molecule has 2 unspecified atom stereocenters. The van der Waals surface area contributed by atoms with E-state index < -0.39 is 12.3 Å². The van der Waals surface area contributed by atoms with Crippen LogP contribution in [0.4, 0.5) is 11.4 Å². The van der Waals surface area contributed by atoms with E-state index in [4.69, 9.17) is 23.2 Å². The van der Waals surface area contributed by atoms with Crippen molar-refractivity contribution in [2.75, 3.05) is 29.6 Å². The first-order valence-electron chi connectivity index (χ1n) is 15.4. The van der Waals surface area contributed by atoms with Gasteiger partial charge in [-0.2, -0.15) is 0 Å². The van der Waals surface area contributed by atoms with E-state index in [0.717, 1.165) is 34.8 Å². The molecule has 5 heteroatoms. The van der Waals surface area contributed by atoms with Gasteiger partial charge in [-0.25, -0.2) is 0 Å². The quantitative estimate of drug-likeness (QED) is 0.202. The zero-order valence-corrected chi connectivity index (χ0v) is 30.0. The van der Waals surface area contributed by atoms with Crippen molar-refractivity contribution in [2.24, 2.45) is 0 Å². The average molecular weight is 644 g/mol. The Hall–Kier alpha value is -2.90. The van der Waals surface area contributed by atoms with Gasteiger partial charge in [0.05, 0.1) is 5.38 Å². The third-order valence-corrected chi connectivity index (χ3v) is 13.4. The van der Waals surface area contributed by atoms with E-state index in [1.807, 2.05) is 0 Å². The minimum atomic E-state index is -1.97. The van der Waals surface area contributed by atoms with Crippen LogP contribution in [0.15, 0.2) is 100 Å². The third-order valence-electron chi connectivity index (χ3n) is 8.79. The molecular weight excluding hydrogens is 598 g/mol. The Kier molecular flexibility index (Phi) is 9.48. The van der Waals surface area contributed by atoms with Gasteiger partial charge < -0.3 is 9.80 Å². The summed E-state index contributed by atoms with van der Waals surface area (Å²) < 4.78 is 0. The molecule has 1 saturated heterocycles. The minimum absolute atomic E-state index is 0.477. The van der Waals surface area contributed by atoms with Crippen LogP contribution in [0, 0.1) is 41.5 Å². The SMILES string of the molecule is CC(C)=CC=P(C)(C1=C(Cl)C(Cl)C(=C2N(c3c(C)cc(C)cc3C)CCN2c2c(C)cc(C)cc2C)C=C1)c1ccccc1. The molecule has 1 fully saturated rings. The highest BCUT2D eigenvalue weighted by Gasteiger charge is 2.37. The number of anilines is 2. The van der Waals surface area contributed by atoms with Crippen molar-refractivity contribution in [3.05, 3.63) is 134 Å². The molecule has 0 bridgehead atoms. The van der Waals surface area contributed by atoms with E-state index >= 15 is 0 Å². The summed E-state index contributed by atoms with van der Waals surface area (Å²) in [6, 6.07) is 19.9. The lowest BCUT2D eigenvalue weighted by atomic mass is 10.0. The van der Waals surface area contributed by atoms with Crippen molar-refractivity contribution >= 4 is 52.6 Å². The number of aryl methyl sites for hydroxylation is 6. The molecule has 0 amide bonds. The Bertz CT molecular complexity index is 1670. The molecule has 1 aliphatic heterocycles. The fourth-order valence-electron chi connectivity index (χ4n) is 7.01. The van der Waals surface area contributed by atoms with Crippen molar-refractivity contribution in [1.29, 1.82) is 0 Å². The first kappa shape index (κ1) is 32.5. The van der Waals surface area contributed by atoms with Gasteiger partial charge in [0.15, 0.2) is 0 Å². The van der Waals surface area contributed by atoms with Gasteiger partial charge in [0.25, 0.3) is 0 Å². The van der Waals surface area contributed by atoms with E-state index in [0.29, 0.717) is 0 Å². The molecule has 1 heterocycles. The number of hydrogen-bond acceptors (Lipinski definition) is 2. The molecule has 2 aliphatic rings. The van der Waals surface area contributed by atoms with Crippen LogP contribution in [0.25, 0.3) is 0 Å². The minimum Gasteiger partial charge on any atom is -0.325 e. The molecule has 0 spiro atoms. The normalized spacial score (nSPS) is 18.2. The summed E-state index contributed by atoms with van der Waals surface area (Å²) in [6.07, 6.45) is 6.72. The average Bonchev–Trinajstić information content (AvgIpc) is 3.36. The van der Waals surface area contributed by atoms with Gasteiger partial charge in [0.2, 0.25) is 0 Å². The van der Waals surface area contributed by atoms with Crippen molar-refractivity contribution in [3.63, 3.8) is 0 Å². The van der Waals surface area contributed by atoms with Crippen LogP contribution in [-0.4, -0.2) is 30.9 Å². The van der Waals surface area contributed by atoms with Gasteiger partial charge in [-0.05, 0) is 94.9 Å². The third kappa shape index (κ3) is 6.02. The summed E-state index contributed by atoms with van der Waals surface area (Å²) in [5.74, 6) is 3.49. The molecule has 0 N–H and O–H groups in total. The number of allylic oxidation sites excluding steroid dienone is 7. The highest BCUT2D eigenvalue weighted by Crippen LogP contribution is 2.56. The number of alkyl halides is 1. The largest absolute Gasteiger partial charge is 0.325 e. The Balaban J connectivity index is 1.75. The highest BCUT2D eigenvalue weighted by molar-refractivity contribution is 7.85. The molecule has 3 aromatic carbocycles. The lowest BCUT2D eigenvalue weighted by Gasteiger charge is -2.34. The van der Waals surface area contributed by atoms with E-state index in [2.05, 4.69) is 150 Å². The Morgan fingerprint density at radius 2 is 1.25 bits per heavy atom. The van der Waals surface area contributed by atoms with Crippen LogP contribution in [0.1, 0.15) is 47.2 Å². The van der Waals surface area contributed by atoms with Crippen LogP contribution in [0.2, 0.25) is 0 Å². The molecule has 5 rings (SSSR count). The van der Waals surface area contributed by atoms with Crippen molar-refractivity contribution in [2.45, 2.75) is 60.8 Å². The molecule has 44 heavy (non-hydrogen) atoms. The zero-order chi connectivity index (χ0) is 31.9. The van der Waals surface area contributed by atoms with Gasteiger partial charge in [-0.15, -0.1) is 11.6 Å². The number of halogens is 2. The maximum atomic E-state index is 7.52. The Labute approximate surface area is 275 Å². The summed E-state index contributed by atoms with van der Waals surface area (Å²) in [6.45, 7) is 19.6. The molecule has 230 valence electrons. The van der Waals surface area contributed by atoms with Crippen LogP contribution in [0.5, 0.6) is 0 Å².